The molecule has 1 fully saturated rings. The number of alkyl halides is 3. The Morgan fingerprint density at radius 3 is 2.05 bits per heavy atom. The van der Waals surface area contributed by atoms with Crippen molar-refractivity contribution in [3.05, 3.63) is 0 Å². The van der Waals surface area contributed by atoms with E-state index in [0.29, 0.717) is 12.8 Å². The highest BCUT2D eigenvalue weighted by molar-refractivity contribution is 5.74. The van der Waals surface area contributed by atoms with Crippen molar-refractivity contribution in [2.45, 2.75) is 70.8 Å². The largest absolute Gasteiger partial charge is 0.459 e. The third-order valence-electron chi connectivity index (χ3n) is 3.49. The Labute approximate surface area is 117 Å². The van der Waals surface area contributed by atoms with Gasteiger partial charge in [0.1, 0.15) is 5.60 Å². The summed E-state index contributed by atoms with van der Waals surface area (Å²) in [5.41, 5.74) is -1.01. The maximum absolute atomic E-state index is 13.1. The van der Waals surface area contributed by atoms with Gasteiger partial charge in [-0.25, -0.2) is 0 Å². The molecule has 0 aliphatic heterocycles. The molecule has 118 valence electrons. The van der Waals surface area contributed by atoms with Gasteiger partial charge in [0, 0.05) is 0 Å². The van der Waals surface area contributed by atoms with Gasteiger partial charge in [-0.15, -0.1) is 0 Å². The molecule has 0 saturated heterocycles. The molecule has 0 radical (unpaired) electrons. The number of rotatable bonds is 3. The molecule has 0 aromatic heterocycles. The van der Waals surface area contributed by atoms with Crippen LogP contribution in [0.25, 0.3) is 0 Å². The van der Waals surface area contributed by atoms with Gasteiger partial charge in [-0.1, -0.05) is 19.3 Å². The van der Waals surface area contributed by atoms with Crippen LogP contribution >= 0.6 is 0 Å². The normalized spacial score (nSPS) is 21.4. The molecular weight excluding hydrogens is 273 g/mol. The molecule has 1 saturated carbocycles. The van der Waals surface area contributed by atoms with Crippen LogP contribution < -0.4 is 0 Å². The maximum atomic E-state index is 13.1. The number of hydrogen-bond donors (Lipinski definition) is 1. The van der Waals surface area contributed by atoms with Gasteiger partial charge < -0.3 is 9.84 Å². The average molecular weight is 296 g/mol. The Morgan fingerprint density at radius 2 is 1.65 bits per heavy atom. The highest BCUT2D eigenvalue weighted by Gasteiger charge is 2.53. The molecule has 1 aliphatic carbocycles. The minimum Gasteiger partial charge on any atom is -0.459 e. The van der Waals surface area contributed by atoms with Gasteiger partial charge in [0.05, 0.1) is 6.10 Å². The molecule has 0 bridgehead atoms. The number of carbonyl (C=O) groups is 1. The minimum atomic E-state index is -4.79. The number of carbonyl (C=O) groups excluding carboxylic acids is 1. The lowest BCUT2D eigenvalue weighted by Gasteiger charge is -2.33. The second kappa shape index (κ2) is 6.33. The fourth-order valence-corrected chi connectivity index (χ4v) is 2.58. The van der Waals surface area contributed by atoms with Crippen LogP contribution in [0.5, 0.6) is 0 Å². The first-order valence-electron chi connectivity index (χ1n) is 7.00. The van der Waals surface area contributed by atoms with E-state index < -0.39 is 35.7 Å². The Hall–Kier alpha value is -0.780. The molecule has 1 N–H and O–H groups in total. The standard InChI is InChI=1S/C14H23F3O3/c1-13(2,3)20-12(19)10(14(15,16)17)11(18)9-7-5-4-6-8-9/h9-11,18H,4-8H2,1-3H3/t10-,11-/m1/s1. The molecule has 0 heterocycles. The summed E-state index contributed by atoms with van der Waals surface area (Å²) in [6, 6.07) is 0. The van der Waals surface area contributed by atoms with Gasteiger partial charge >= 0.3 is 12.1 Å². The zero-order valence-corrected chi connectivity index (χ0v) is 12.2. The summed E-state index contributed by atoms with van der Waals surface area (Å²) in [5, 5.41) is 10.0. The van der Waals surface area contributed by atoms with Crippen LogP contribution in [0.3, 0.4) is 0 Å². The Kier molecular flexibility index (Phi) is 5.46. The van der Waals surface area contributed by atoms with Crippen LogP contribution in [-0.2, 0) is 9.53 Å². The lowest BCUT2D eigenvalue weighted by Crippen LogP contribution is -2.46. The predicted molar refractivity (Wildman–Crippen MR) is 68.0 cm³/mol. The topological polar surface area (TPSA) is 46.5 Å². The highest BCUT2D eigenvalue weighted by Crippen LogP contribution is 2.38. The first kappa shape index (κ1) is 17.3. The van der Waals surface area contributed by atoms with E-state index >= 15 is 0 Å². The monoisotopic (exact) mass is 296 g/mol. The van der Waals surface area contributed by atoms with Crippen molar-refractivity contribution in [1.29, 1.82) is 0 Å². The molecule has 0 unspecified atom stereocenters. The zero-order chi connectivity index (χ0) is 15.6. The second-order valence-electron chi connectivity index (χ2n) is 6.44. The van der Waals surface area contributed by atoms with Crippen LogP contribution in [0.1, 0.15) is 52.9 Å². The van der Waals surface area contributed by atoms with Crippen LogP contribution in [0.15, 0.2) is 0 Å². The molecule has 1 aliphatic rings. The SMILES string of the molecule is CC(C)(C)OC(=O)[C@@H]([C@H](O)C1CCCCC1)C(F)(F)F. The summed E-state index contributed by atoms with van der Waals surface area (Å²) in [6.07, 6.45) is -2.91. The Bertz CT molecular complexity index is 328. The third-order valence-corrected chi connectivity index (χ3v) is 3.49. The van der Waals surface area contributed by atoms with Gasteiger partial charge in [-0.2, -0.15) is 13.2 Å². The zero-order valence-electron chi connectivity index (χ0n) is 12.2. The lowest BCUT2D eigenvalue weighted by atomic mass is 9.80. The first-order chi connectivity index (χ1) is 9.02. The Morgan fingerprint density at radius 1 is 1.15 bits per heavy atom. The van der Waals surface area contributed by atoms with Crippen LogP contribution in [0.2, 0.25) is 0 Å². The minimum absolute atomic E-state index is 0.483. The molecule has 0 aromatic rings. The molecule has 1 rings (SSSR count). The van der Waals surface area contributed by atoms with Gasteiger partial charge in [0.15, 0.2) is 5.92 Å². The molecule has 20 heavy (non-hydrogen) atoms. The van der Waals surface area contributed by atoms with E-state index in [1.165, 1.54) is 20.8 Å². The maximum Gasteiger partial charge on any atom is 0.404 e. The van der Waals surface area contributed by atoms with Crippen molar-refractivity contribution in [2.75, 3.05) is 0 Å². The molecular formula is C14H23F3O3. The molecule has 0 aromatic carbocycles. The van der Waals surface area contributed by atoms with Crippen LogP contribution in [0, 0.1) is 11.8 Å². The number of hydrogen-bond acceptors (Lipinski definition) is 3. The van der Waals surface area contributed by atoms with E-state index in [4.69, 9.17) is 4.74 Å². The van der Waals surface area contributed by atoms with E-state index in [1.54, 1.807) is 0 Å². The van der Waals surface area contributed by atoms with Gasteiger partial charge in [-0.05, 0) is 39.5 Å². The second-order valence-corrected chi connectivity index (χ2v) is 6.44. The highest BCUT2D eigenvalue weighted by atomic mass is 19.4. The van der Waals surface area contributed by atoms with E-state index in [9.17, 15) is 23.1 Å². The van der Waals surface area contributed by atoms with Crippen LogP contribution in [0.4, 0.5) is 13.2 Å². The van der Waals surface area contributed by atoms with Crippen molar-refractivity contribution in [2.24, 2.45) is 11.8 Å². The van der Waals surface area contributed by atoms with Gasteiger partial charge in [0.2, 0.25) is 0 Å². The first-order valence-corrected chi connectivity index (χ1v) is 7.00. The quantitative estimate of drug-likeness (QED) is 0.811. The Balaban J connectivity index is 2.86. The van der Waals surface area contributed by atoms with Gasteiger partial charge in [0.25, 0.3) is 0 Å². The van der Waals surface area contributed by atoms with Crippen molar-refractivity contribution < 1.29 is 27.8 Å². The summed E-state index contributed by atoms with van der Waals surface area (Å²) in [5.74, 6) is -4.32. The van der Waals surface area contributed by atoms with Crippen molar-refractivity contribution >= 4 is 5.97 Å². The summed E-state index contributed by atoms with van der Waals surface area (Å²) in [7, 11) is 0. The number of esters is 1. The van der Waals surface area contributed by atoms with E-state index in [2.05, 4.69) is 0 Å². The molecule has 0 amide bonds. The fourth-order valence-electron chi connectivity index (χ4n) is 2.58. The number of halogens is 3. The number of aliphatic hydroxyl groups is 1. The molecule has 2 atom stereocenters. The summed E-state index contributed by atoms with van der Waals surface area (Å²) in [6.45, 7) is 4.52. The molecule has 6 heteroatoms. The summed E-state index contributed by atoms with van der Waals surface area (Å²) in [4.78, 5) is 11.8. The van der Waals surface area contributed by atoms with E-state index in [-0.39, 0.29) is 0 Å². The lowest BCUT2D eigenvalue weighted by molar-refractivity contribution is -0.226. The summed E-state index contributed by atoms with van der Waals surface area (Å²) < 4.78 is 44.1. The number of ether oxygens (including phenoxy) is 1. The fraction of sp³-hybridized carbons (Fsp3) is 0.929. The van der Waals surface area contributed by atoms with Gasteiger partial charge in [-0.3, -0.25) is 4.79 Å². The summed E-state index contributed by atoms with van der Waals surface area (Å²) >= 11 is 0. The van der Waals surface area contributed by atoms with Crippen molar-refractivity contribution in [1.82, 2.24) is 0 Å². The third kappa shape index (κ3) is 4.96. The van der Waals surface area contributed by atoms with E-state index in [1.807, 2.05) is 0 Å². The molecule has 0 spiro atoms. The van der Waals surface area contributed by atoms with E-state index in [0.717, 1.165) is 19.3 Å². The molecule has 3 nitrogen and oxygen atoms in total. The smallest absolute Gasteiger partial charge is 0.404 e. The van der Waals surface area contributed by atoms with Crippen molar-refractivity contribution in [3.8, 4) is 0 Å². The van der Waals surface area contributed by atoms with Crippen LogP contribution in [-0.4, -0.2) is 29.0 Å². The van der Waals surface area contributed by atoms with Crippen molar-refractivity contribution in [3.63, 3.8) is 0 Å². The number of aliphatic hydroxyl groups excluding tert-OH is 1. The average Bonchev–Trinajstić information content (AvgIpc) is 2.25. The predicted octanol–water partition coefficient (Wildman–Crippen LogP) is 3.45.